The first-order valence-corrected chi connectivity index (χ1v) is 10.2. The minimum atomic E-state index is 0.00365. The molecule has 9 nitrogen and oxygen atoms in total. The highest BCUT2D eigenvalue weighted by atomic mass is 16.2. The Bertz CT molecular complexity index is 1030. The zero-order chi connectivity index (χ0) is 19.8. The molecule has 0 N–H and O–H groups in total. The fourth-order valence-electron chi connectivity index (χ4n) is 4.31. The molecule has 0 unspecified atom stereocenters. The predicted molar refractivity (Wildman–Crippen MR) is 108 cm³/mol. The van der Waals surface area contributed by atoms with Gasteiger partial charge < -0.3 is 9.80 Å². The van der Waals surface area contributed by atoms with Gasteiger partial charge >= 0.3 is 0 Å². The van der Waals surface area contributed by atoms with Crippen LogP contribution in [0.4, 0.5) is 5.82 Å². The average Bonchev–Trinajstić information content (AvgIpc) is 3.44. The average molecular weight is 392 g/mol. The highest BCUT2D eigenvalue weighted by Crippen LogP contribution is 2.29. The van der Waals surface area contributed by atoms with Crippen molar-refractivity contribution in [1.82, 2.24) is 34.8 Å². The van der Waals surface area contributed by atoms with Gasteiger partial charge in [-0.15, -0.1) is 5.10 Å². The topological polar surface area (TPSA) is 92.9 Å². The highest BCUT2D eigenvalue weighted by Gasteiger charge is 2.26. The third-order valence-corrected chi connectivity index (χ3v) is 5.99. The number of hydrogen-bond donors (Lipinski definition) is 0. The molecule has 0 atom stereocenters. The molecule has 29 heavy (non-hydrogen) atoms. The van der Waals surface area contributed by atoms with Crippen molar-refractivity contribution in [2.45, 2.75) is 31.6 Å². The van der Waals surface area contributed by atoms with Crippen LogP contribution in [0.1, 0.15) is 47.7 Å². The van der Waals surface area contributed by atoms with Gasteiger partial charge in [0.05, 0.1) is 5.56 Å². The number of piperidine rings is 1. The predicted octanol–water partition coefficient (Wildman–Crippen LogP) is 1.77. The van der Waals surface area contributed by atoms with Gasteiger partial charge in [0.2, 0.25) is 0 Å². The van der Waals surface area contributed by atoms with Crippen LogP contribution in [0, 0.1) is 0 Å². The van der Waals surface area contributed by atoms with E-state index >= 15 is 0 Å². The molecule has 5 rings (SSSR count). The molecule has 3 aromatic rings. The van der Waals surface area contributed by atoms with Crippen molar-refractivity contribution < 1.29 is 4.79 Å². The van der Waals surface area contributed by atoms with E-state index in [1.54, 1.807) is 30.3 Å². The number of hydrogen-bond acceptors (Lipinski definition) is 7. The van der Waals surface area contributed by atoms with E-state index in [2.05, 4.69) is 36.2 Å². The number of carbonyl (C=O) groups is 1. The lowest BCUT2D eigenvalue weighted by molar-refractivity contribution is 0.0712. The van der Waals surface area contributed by atoms with E-state index in [0.29, 0.717) is 35.7 Å². The number of rotatable bonds is 3. The first-order chi connectivity index (χ1) is 14.2. The Morgan fingerprint density at radius 2 is 1.83 bits per heavy atom. The summed E-state index contributed by atoms with van der Waals surface area (Å²) in [6.45, 7) is 3.58. The molecular weight excluding hydrogens is 368 g/mol. The van der Waals surface area contributed by atoms with Gasteiger partial charge in [0.1, 0.15) is 17.7 Å². The normalized spacial score (nSPS) is 18.0. The fourth-order valence-corrected chi connectivity index (χ4v) is 4.31. The molecule has 1 amide bonds. The second-order valence-corrected chi connectivity index (χ2v) is 7.84. The molecule has 0 bridgehead atoms. The smallest absolute Gasteiger partial charge is 0.255 e. The third kappa shape index (κ3) is 3.41. The molecule has 2 aliphatic heterocycles. The Hall–Kier alpha value is -3.10. The van der Waals surface area contributed by atoms with Crippen LogP contribution in [0.25, 0.3) is 11.2 Å². The van der Waals surface area contributed by atoms with E-state index in [-0.39, 0.29) is 5.91 Å². The number of nitrogens with zero attached hydrogens (tertiary/aromatic N) is 8. The lowest BCUT2D eigenvalue weighted by atomic mass is 9.93. The van der Waals surface area contributed by atoms with Gasteiger partial charge in [-0.2, -0.15) is 0 Å². The molecule has 2 fully saturated rings. The van der Waals surface area contributed by atoms with Gasteiger partial charge in [0.25, 0.3) is 5.91 Å². The van der Waals surface area contributed by atoms with Gasteiger partial charge in [-0.1, -0.05) is 5.21 Å². The second-order valence-electron chi connectivity index (χ2n) is 7.84. The van der Waals surface area contributed by atoms with Crippen LogP contribution in [0.5, 0.6) is 0 Å². The molecule has 5 heterocycles. The lowest BCUT2D eigenvalue weighted by Crippen LogP contribution is -2.38. The zero-order valence-electron chi connectivity index (χ0n) is 16.5. The Morgan fingerprint density at radius 1 is 1.03 bits per heavy atom. The lowest BCUT2D eigenvalue weighted by Gasteiger charge is -2.32. The molecular formula is C20H24N8O. The third-order valence-electron chi connectivity index (χ3n) is 5.99. The molecule has 2 saturated heterocycles. The van der Waals surface area contributed by atoms with E-state index in [1.165, 1.54) is 12.8 Å². The number of amides is 1. The largest absolute Gasteiger partial charge is 0.357 e. The molecule has 0 aliphatic carbocycles. The van der Waals surface area contributed by atoms with Gasteiger partial charge in [0.15, 0.2) is 5.65 Å². The molecule has 0 aromatic carbocycles. The number of pyridine rings is 1. The summed E-state index contributed by atoms with van der Waals surface area (Å²) in [6.07, 6.45) is 7.57. The first-order valence-electron chi connectivity index (χ1n) is 10.2. The van der Waals surface area contributed by atoms with Crippen molar-refractivity contribution in [3.8, 4) is 0 Å². The second kappa shape index (κ2) is 7.38. The maximum Gasteiger partial charge on any atom is 0.255 e. The maximum atomic E-state index is 12.9. The van der Waals surface area contributed by atoms with Gasteiger partial charge in [-0.25, -0.2) is 19.6 Å². The summed E-state index contributed by atoms with van der Waals surface area (Å²) in [4.78, 5) is 30.5. The van der Waals surface area contributed by atoms with Gasteiger partial charge in [0, 0.05) is 57.1 Å². The molecule has 9 heteroatoms. The van der Waals surface area contributed by atoms with E-state index in [9.17, 15) is 4.79 Å². The van der Waals surface area contributed by atoms with Crippen molar-refractivity contribution in [2.24, 2.45) is 7.05 Å². The van der Waals surface area contributed by atoms with Crippen molar-refractivity contribution in [2.75, 3.05) is 31.1 Å². The van der Waals surface area contributed by atoms with Crippen LogP contribution in [0.15, 0.2) is 24.7 Å². The van der Waals surface area contributed by atoms with Crippen LogP contribution < -0.4 is 4.90 Å². The zero-order valence-corrected chi connectivity index (χ0v) is 16.5. The maximum absolute atomic E-state index is 12.9. The van der Waals surface area contributed by atoms with Crippen molar-refractivity contribution in [1.29, 1.82) is 0 Å². The minimum Gasteiger partial charge on any atom is -0.357 e. The van der Waals surface area contributed by atoms with E-state index in [4.69, 9.17) is 0 Å². The Kier molecular flexibility index (Phi) is 4.57. The Labute approximate surface area is 168 Å². The summed E-state index contributed by atoms with van der Waals surface area (Å²) >= 11 is 0. The highest BCUT2D eigenvalue weighted by molar-refractivity contribution is 5.96. The van der Waals surface area contributed by atoms with Crippen molar-refractivity contribution in [3.63, 3.8) is 0 Å². The summed E-state index contributed by atoms with van der Waals surface area (Å²) in [6, 6.07) is 3.91. The van der Waals surface area contributed by atoms with Crippen molar-refractivity contribution >= 4 is 22.9 Å². The fraction of sp³-hybridized carbons (Fsp3) is 0.500. The van der Waals surface area contributed by atoms with Crippen LogP contribution in [0.3, 0.4) is 0 Å². The van der Waals surface area contributed by atoms with Crippen LogP contribution in [-0.4, -0.2) is 66.9 Å². The molecule has 0 saturated carbocycles. The van der Waals surface area contributed by atoms with E-state index < -0.39 is 0 Å². The summed E-state index contributed by atoms with van der Waals surface area (Å²) in [5, 5.41) is 8.01. The van der Waals surface area contributed by atoms with Crippen LogP contribution >= 0.6 is 0 Å². The first kappa shape index (κ1) is 18.0. The molecule has 0 spiro atoms. The minimum absolute atomic E-state index is 0.00365. The van der Waals surface area contributed by atoms with Crippen molar-refractivity contribution in [3.05, 3.63) is 35.9 Å². The molecule has 150 valence electrons. The number of likely N-dealkylation sites (tertiary alicyclic amines) is 1. The number of aromatic nitrogens is 6. The van der Waals surface area contributed by atoms with Crippen LogP contribution in [0.2, 0.25) is 0 Å². The molecule has 3 aromatic heterocycles. The molecule has 2 aliphatic rings. The Balaban J connectivity index is 1.26. The van der Waals surface area contributed by atoms with E-state index in [1.807, 2.05) is 4.90 Å². The number of carbonyl (C=O) groups excluding carboxylic acids is 1. The summed E-state index contributed by atoms with van der Waals surface area (Å²) in [5.74, 6) is 1.40. The number of fused-ring (bicyclic) bond motifs is 1. The van der Waals surface area contributed by atoms with Gasteiger partial charge in [-0.05, 0) is 31.7 Å². The SMILES string of the molecule is Cn1nnc2cc(C(=O)N3CCC(c4cc(N5CCCC5)ncn4)CC3)cnc21. The quantitative estimate of drug-likeness (QED) is 0.671. The number of aryl methyl sites for hydroxylation is 1. The summed E-state index contributed by atoms with van der Waals surface area (Å²) in [7, 11) is 1.79. The molecule has 0 radical (unpaired) electrons. The monoisotopic (exact) mass is 392 g/mol. The van der Waals surface area contributed by atoms with Gasteiger partial charge in [-0.3, -0.25) is 4.79 Å². The summed E-state index contributed by atoms with van der Waals surface area (Å²) < 4.78 is 1.60. The van der Waals surface area contributed by atoms with E-state index in [0.717, 1.165) is 37.4 Å². The summed E-state index contributed by atoms with van der Waals surface area (Å²) in [5.41, 5.74) is 2.98. The standard InChI is InChI=1S/C20H24N8O/c1-26-19-17(24-25-26)10-15(12-21-19)20(29)28-8-4-14(5-9-28)16-11-18(23-13-22-16)27-6-2-3-7-27/h10-14H,2-9H2,1H3. The van der Waals surface area contributed by atoms with Crippen LogP contribution in [-0.2, 0) is 7.05 Å². The number of anilines is 1. The Morgan fingerprint density at radius 3 is 2.62 bits per heavy atom.